The third-order valence-corrected chi connectivity index (χ3v) is 7.37. The first kappa shape index (κ1) is 56.7. The highest BCUT2D eigenvalue weighted by Crippen LogP contribution is 2.36. The second-order valence-corrected chi connectivity index (χ2v) is 14.2. The lowest BCUT2D eigenvalue weighted by Gasteiger charge is -2.23. The van der Waals surface area contributed by atoms with Crippen molar-refractivity contribution in [3.8, 4) is 47.8 Å². The first-order valence-electron chi connectivity index (χ1n) is 18.6. The quantitative estimate of drug-likeness (QED) is 0.0860. The van der Waals surface area contributed by atoms with E-state index in [9.17, 15) is 14.4 Å². The Morgan fingerprint density at radius 3 is 1.98 bits per heavy atom. The number of allylic oxidation sites excluding steroid dienone is 2. The van der Waals surface area contributed by atoms with Crippen molar-refractivity contribution in [3.05, 3.63) is 83.4 Å². The third kappa shape index (κ3) is 25.3. The summed E-state index contributed by atoms with van der Waals surface area (Å²) in [6.45, 7) is 23.4. The molecule has 12 heteroatoms. The van der Waals surface area contributed by atoms with E-state index in [1.165, 1.54) is 11.3 Å². The number of alkyl halides is 1. The highest BCUT2D eigenvalue weighted by Gasteiger charge is 2.21. The lowest BCUT2D eigenvalue weighted by molar-refractivity contribution is -0.117. The minimum atomic E-state index is -0.608. The lowest BCUT2D eigenvalue weighted by Crippen LogP contribution is -2.40. The third-order valence-electron chi connectivity index (χ3n) is 6.55. The molecular formula is C45H63Cl3N4O5. The number of anilines is 1. The number of hydrogen-bond acceptors (Lipinski definition) is 6. The van der Waals surface area contributed by atoms with Crippen LogP contribution in [0.3, 0.4) is 0 Å². The van der Waals surface area contributed by atoms with Crippen molar-refractivity contribution in [2.24, 2.45) is 5.92 Å². The topological polar surface area (TPSA) is 114 Å². The van der Waals surface area contributed by atoms with Gasteiger partial charge in [0.2, 0.25) is 12.3 Å². The van der Waals surface area contributed by atoms with Crippen molar-refractivity contribution in [2.75, 3.05) is 18.5 Å². The predicted molar refractivity (Wildman–Crippen MR) is 243 cm³/mol. The largest absolute Gasteiger partial charge is 0.444 e. The number of benzene rings is 2. The molecule has 57 heavy (non-hydrogen) atoms. The van der Waals surface area contributed by atoms with Gasteiger partial charge >= 0.3 is 6.09 Å². The van der Waals surface area contributed by atoms with Crippen LogP contribution in [0.5, 0.6) is 0 Å². The fraction of sp³-hybridized carbons (Fsp3) is 0.422. The molecule has 0 bridgehead atoms. The van der Waals surface area contributed by atoms with E-state index in [1.54, 1.807) is 38.2 Å². The van der Waals surface area contributed by atoms with Gasteiger partial charge in [0.15, 0.2) is 5.76 Å². The Kier molecular flexibility index (Phi) is 33.3. The normalized spacial score (nSPS) is 11.4. The first-order chi connectivity index (χ1) is 26.9. The van der Waals surface area contributed by atoms with Crippen LogP contribution >= 0.6 is 34.8 Å². The summed E-state index contributed by atoms with van der Waals surface area (Å²) in [4.78, 5) is 34.4. The van der Waals surface area contributed by atoms with E-state index in [0.29, 0.717) is 39.2 Å². The monoisotopic (exact) mass is 844 g/mol. The molecule has 3 atom stereocenters. The molecular weight excluding hydrogens is 783 g/mol. The number of rotatable bonds is 11. The van der Waals surface area contributed by atoms with Crippen LogP contribution in [0.1, 0.15) is 88.5 Å². The number of carbonyl (C=O) groups is 3. The molecule has 0 radical (unpaired) electrons. The molecule has 0 aliphatic heterocycles. The standard InChI is InChI=1S/C19H15Cl3N2O2.C14H23NO2.C4H8.C3H7NO.C3H8.C2H2/c1-11(20)19(25)24(2)13-6-3-5-12(9-13)17-10-16(23-26-17)18-14(21)7-4-8-15(18)22;1-7-9-10-12(8-2)11(3)15-13(16)17-14(4,5)6;1-3-4-2;1-2-4-3-5;1-3-2;1-2/h3-11H,1-2H3;2,9-12H,7H2,1,3-6H3,(H,15,16);3H,1,4H2,2H3;3H,2H2,1H3,(H,4,5);3H2,1-2H3;1-2H/b;10-9-;;;;. The lowest BCUT2D eigenvalue weighted by atomic mass is 10.0. The number of hydrogen-bond donors (Lipinski definition) is 2. The van der Waals surface area contributed by atoms with Crippen LogP contribution in [0, 0.1) is 31.1 Å². The van der Waals surface area contributed by atoms with Gasteiger partial charge in [-0.1, -0.05) is 105 Å². The summed E-state index contributed by atoms with van der Waals surface area (Å²) in [5.41, 5.74) is 2.14. The van der Waals surface area contributed by atoms with Gasteiger partial charge in [-0.25, -0.2) is 4.79 Å². The molecule has 0 spiro atoms. The van der Waals surface area contributed by atoms with E-state index in [1.807, 2.05) is 84.0 Å². The van der Waals surface area contributed by atoms with Gasteiger partial charge in [0.05, 0.1) is 16.0 Å². The number of carbonyl (C=O) groups excluding carboxylic acids is 3. The summed E-state index contributed by atoms with van der Waals surface area (Å²) in [7, 11) is 1.68. The zero-order valence-corrected chi connectivity index (χ0v) is 37.8. The number of alkyl carbamates (subject to hydrolysis) is 1. The summed E-state index contributed by atoms with van der Waals surface area (Å²) in [6, 6.07) is 14.2. The van der Waals surface area contributed by atoms with Crippen LogP contribution in [0.4, 0.5) is 10.5 Å². The Balaban J connectivity index is -0.000000806. The Morgan fingerprint density at radius 2 is 1.56 bits per heavy atom. The molecule has 3 aromatic rings. The fourth-order valence-corrected chi connectivity index (χ4v) is 4.59. The average Bonchev–Trinajstić information content (AvgIpc) is 3.65. The van der Waals surface area contributed by atoms with Crippen LogP contribution in [-0.2, 0) is 14.3 Å². The van der Waals surface area contributed by atoms with Crippen molar-refractivity contribution in [3.63, 3.8) is 0 Å². The van der Waals surface area contributed by atoms with Crippen LogP contribution in [0.15, 0.2) is 77.9 Å². The molecule has 2 aromatic carbocycles. The Morgan fingerprint density at radius 1 is 1.02 bits per heavy atom. The number of nitrogens with one attached hydrogen (secondary N) is 2. The molecule has 9 nitrogen and oxygen atoms in total. The van der Waals surface area contributed by atoms with Gasteiger partial charge in [0.1, 0.15) is 16.7 Å². The molecule has 3 rings (SSSR count). The molecule has 0 saturated carbocycles. The first-order valence-corrected chi connectivity index (χ1v) is 19.8. The predicted octanol–water partition coefficient (Wildman–Crippen LogP) is 12.0. The number of ether oxygens (including phenoxy) is 1. The maximum Gasteiger partial charge on any atom is 0.407 e. The number of nitrogens with zero attached hydrogens (tertiary/aromatic N) is 2. The molecule has 0 aliphatic carbocycles. The van der Waals surface area contributed by atoms with E-state index >= 15 is 0 Å². The van der Waals surface area contributed by atoms with Gasteiger partial charge in [-0.2, -0.15) is 0 Å². The Hall–Kier alpha value is -4.67. The second-order valence-electron chi connectivity index (χ2n) is 12.8. The Labute approximate surface area is 357 Å². The van der Waals surface area contributed by atoms with E-state index in [0.717, 1.165) is 24.9 Å². The molecule has 0 saturated heterocycles. The highest BCUT2D eigenvalue weighted by atomic mass is 35.5. The van der Waals surface area contributed by atoms with Crippen molar-refractivity contribution in [1.82, 2.24) is 15.8 Å². The number of halogens is 3. The second kappa shape index (κ2) is 33.5. The van der Waals surface area contributed by atoms with Crippen LogP contribution in [-0.4, -0.2) is 54.2 Å². The fourth-order valence-electron chi connectivity index (χ4n) is 3.85. The average molecular weight is 846 g/mol. The maximum absolute atomic E-state index is 12.1. The van der Waals surface area contributed by atoms with Gasteiger partial charge in [0, 0.05) is 42.5 Å². The summed E-state index contributed by atoms with van der Waals surface area (Å²) >= 11 is 18.3. The molecule has 314 valence electrons. The molecule has 3 amide bonds. The SMILES string of the molecule is C#C.C#CC(/C=C\CC)C(C)NC(=O)OC(C)(C)C.C=CCC.CC(Cl)C(=O)N(C)c1cccc(-c2cc(-c3c(Cl)cccc3Cl)no2)c1.CCC.CCNC=O. The molecule has 0 aliphatic rings. The molecule has 1 aromatic heterocycles. The van der Waals surface area contributed by atoms with Crippen LogP contribution in [0.2, 0.25) is 10.0 Å². The maximum atomic E-state index is 12.1. The van der Waals surface area contributed by atoms with Crippen LogP contribution < -0.4 is 15.5 Å². The van der Waals surface area contributed by atoms with E-state index < -0.39 is 17.1 Å². The summed E-state index contributed by atoms with van der Waals surface area (Å²) in [5, 5.41) is 9.63. The minimum absolute atomic E-state index is 0.109. The van der Waals surface area contributed by atoms with E-state index in [-0.39, 0.29) is 17.9 Å². The summed E-state index contributed by atoms with van der Waals surface area (Å²) in [6.07, 6.45) is 22.7. The van der Waals surface area contributed by atoms with Crippen molar-refractivity contribution >= 4 is 58.9 Å². The molecule has 0 fully saturated rings. The van der Waals surface area contributed by atoms with E-state index in [4.69, 9.17) is 50.5 Å². The van der Waals surface area contributed by atoms with E-state index in [2.05, 4.69) is 61.9 Å². The Bertz CT molecular complexity index is 1650. The molecule has 2 N–H and O–H groups in total. The number of amides is 3. The highest BCUT2D eigenvalue weighted by molar-refractivity contribution is 6.39. The zero-order valence-electron chi connectivity index (χ0n) is 35.5. The van der Waals surface area contributed by atoms with Gasteiger partial charge in [-0.05, 0) is 78.6 Å². The summed E-state index contributed by atoms with van der Waals surface area (Å²) < 4.78 is 10.6. The van der Waals surface area contributed by atoms with Crippen molar-refractivity contribution < 1.29 is 23.6 Å². The number of terminal acetylenes is 2. The van der Waals surface area contributed by atoms with Crippen molar-refractivity contribution in [1.29, 1.82) is 0 Å². The van der Waals surface area contributed by atoms with Gasteiger partial charge in [-0.3, -0.25) is 9.59 Å². The number of aromatic nitrogens is 1. The van der Waals surface area contributed by atoms with Gasteiger partial charge < -0.3 is 24.8 Å². The molecule has 1 heterocycles. The molecule has 3 unspecified atom stereocenters. The van der Waals surface area contributed by atoms with Crippen molar-refractivity contribution in [2.45, 2.75) is 106 Å². The van der Waals surface area contributed by atoms with Crippen LogP contribution in [0.25, 0.3) is 22.6 Å². The minimum Gasteiger partial charge on any atom is -0.444 e. The zero-order chi connectivity index (χ0) is 44.6. The van der Waals surface area contributed by atoms with Gasteiger partial charge in [-0.15, -0.1) is 37.4 Å². The smallest absolute Gasteiger partial charge is 0.407 e. The van der Waals surface area contributed by atoms with Gasteiger partial charge in [0.25, 0.3) is 0 Å². The summed E-state index contributed by atoms with van der Waals surface area (Å²) in [5.74, 6) is 2.89.